The molecule has 0 unspecified atom stereocenters. The molecule has 0 aliphatic carbocycles. The molecule has 2 aromatic rings. The minimum absolute atomic E-state index is 0.00603. The number of ether oxygens (including phenoxy) is 2. The molecule has 0 heterocycles. The molecule has 0 aromatic heterocycles. The van der Waals surface area contributed by atoms with Crippen molar-refractivity contribution >= 4 is 87.6 Å². The highest BCUT2D eigenvalue weighted by atomic mass is 79.9. The summed E-state index contributed by atoms with van der Waals surface area (Å²) in [4.78, 5) is 46.6. The van der Waals surface area contributed by atoms with Gasteiger partial charge in [-0.1, -0.05) is 0 Å². The van der Waals surface area contributed by atoms with Crippen molar-refractivity contribution in [1.82, 2.24) is 0 Å². The summed E-state index contributed by atoms with van der Waals surface area (Å²) in [5.41, 5.74) is 0.361. The van der Waals surface area contributed by atoms with E-state index in [1.165, 1.54) is 24.3 Å². The number of hydrogen-bond acceptors (Lipinski definition) is 6. The molecule has 0 bridgehead atoms. The zero-order chi connectivity index (χ0) is 24.0. The molecule has 0 aliphatic heterocycles. The van der Waals surface area contributed by atoms with Gasteiger partial charge < -0.3 is 19.7 Å². The molecule has 2 rings (SSSR count). The molecule has 8 nitrogen and oxygen atoms in total. The smallest absolute Gasteiger partial charge is 0.339 e. The lowest BCUT2D eigenvalue weighted by atomic mass is 10.1. The molecule has 0 fully saturated rings. The van der Waals surface area contributed by atoms with Gasteiger partial charge in [-0.25, -0.2) is 19.2 Å². The highest BCUT2D eigenvalue weighted by molar-refractivity contribution is 9.11. The highest BCUT2D eigenvalue weighted by Gasteiger charge is 2.19. The Labute approximate surface area is 215 Å². The van der Waals surface area contributed by atoms with Crippen LogP contribution in [0.15, 0.2) is 42.2 Å². The van der Waals surface area contributed by atoms with Gasteiger partial charge in [-0.3, -0.25) is 0 Å². The van der Waals surface area contributed by atoms with E-state index in [4.69, 9.17) is 19.7 Å². The van der Waals surface area contributed by atoms with Crippen LogP contribution in [0.4, 0.5) is 0 Å². The lowest BCUT2D eigenvalue weighted by molar-refractivity contribution is 0.0431. The van der Waals surface area contributed by atoms with E-state index in [0.29, 0.717) is 21.8 Å². The van der Waals surface area contributed by atoms with Gasteiger partial charge in [-0.15, -0.1) is 0 Å². The lowest BCUT2D eigenvalue weighted by Gasteiger charge is -2.10. The van der Waals surface area contributed by atoms with Crippen molar-refractivity contribution in [1.29, 1.82) is 0 Å². The number of halogens is 4. The first kappa shape index (κ1) is 26.5. The number of carboxylic acids is 2. The van der Waals surface area contributed by atoms with Crippen molar-refractivity contribution < 1.29 is 38.9 Å². The molecule has 0 spiro atoms. The quantitative estimate of drug-likeness (QED) is 0.244. The normalized spacial score (nSPS) is 10.5. The van der Waals surface area contributed by atoms with E-state index in [9.17, 15) is 19.2 Å². The monoisotopic (exact) mass is 698 g/mol. The number of hydrogen-bond donors (Lipinski definition) is 2. The molecule has 2 aromatic carbocycles. The van der Waals surface area contributed by atoms with Gasteiger partial charge in [0, 0.05) is 17.9 Å². The Morgan fingerprint density at radius 3 is 1.19 bits per heavy atom. The van der Waals surface area contributed by atoms with Gasteiger partial charge in [0.1, 0.15) is 0 Å². The van der Waals surface area contributed by atoms with Crippen LogP contribution in [-0.4, -0.2) is 47.3 Å². The third-order valence-corrected chi connectivity index (χ3v) is 6.64. The fraction of sp³-hybridized carbons (Fsp3) is 0.200. The van der Waals surface area contributed by atoms with Gasteiger partial charge in [0.15, 0.2) is 0 Å². The number of esters is 2. The van der Waals surface area contributed by atoms with Crippen LogP contribution in [0.1, 0.15) is 54.3 Å². The summed E-state index contributed by atoms with van der Waals surface area (Å²) >= 11 is 12.6. The SMILES string of the molecule is O=C(O)c1cc(Br)c(C(=O)OCCCCOC(=O)c2cc(Br)c(C(=O)O)cc2Br)cc1Br. The second kappa shape index (κ2) is 11.9. The van der Waals surface area contributed by atoms with E-state index in [-0.39, 0.29) is 44.4 Å². The van der Waals surface area contributed by atoms with Crippen LogP contribution in [0.5, 0.6) is 0 Å². The van der Waals surface area contributed by atoms with E-state index >= 15 is 0 Å². The van der Waals surface area contributed by atoms with Gasteiger partial charge in [-0.05, 0) is 101 Å². The van der Waals surface area contributed by atoms with Crippen LogP contribution in [-0.2, 0) is 9.47 Å². The van der Waals surface area contributed by atoms with Crippen molar-refractivity contribution in [3.63, 3.8) is 0 Å². The van der Waals surface area contributed by atoms with Gasteiger partial charge in [0.2, 0.25) is 0 Å². The molecule has 0 saturated carbocycles. The molecule has 0 radical (unpaired) electrons. The Balaban J connectivity index is 1.81. The topological polar surface area (TPSA) is 127 Å². The fourth-order valence-corrected chi connectivity index (χ4v) is 4.46. The van der Waals surface area contributed by atoms with Gasteiger partial charge in [-0.2, -0.15) is 0 Å². The predicted molar refractivity (Wildman–Crippen MR) is 127 cm³/mol. The van der Waals surface area contributed by atoms with E-state index < -0.39 is 23.9 Å². The number of carbonyl (C=O) groups excluding carboxylic acids is 2. The van der Waals surface area contributed by atoms with Crippen LogP contribution >= 0.6 is 63.7 Å². The first-order valence-corrected chi connectivity index (χ1v) is 12.0. The van der Waals surface area contributed by atoms with Crippen LogP contribution < -0.4 is 0 Å². The second-order valence-electron chi connectivity index (χ2n) is 6.21. The van der Waals surface area contributed by atoms with E-state index in [1.807, 2.05) is 0 Å². The second-order valence-corrected chi connectivity index (χ2v) is 9.63. The summed E-state index contributed by atoms with van der Waals surface area (Å²) in [5, 5.41) is 18.2. The van der Waals surface area contributed by atoms with Crippen molar-refractivity contribution in [2.24, 2.45) is 0 Å². The van der Waals surface area contributed by atoms with Crippen LogP contribution in [0, 0.1) is 0 Å². The number of carboxylic acid groups (broad SMARTS) is 2. The summed E-state index contributed by atoms with van der Waals surface area (Å²) in [6, 6.07) is 5.34. The Morgan fingerprint density at radius 2 is 0.875 bits per heavy atom. The van der Waals surface area contributed by atoms with Gasteiger partial charge in [0.25, 0.3) is 0 Å². The number of carbonyl (C=O) groups is 4. The summed E-state index contributed by atoms with van der Waals surface area (Å²) in [6.45, 7) is 0.146. The molecule has 0 atom stereocenters. The molecule has 0 aliphatic rings. The van der Waals surface area contributed by atoms with Crippen molar-refractivity contribution in [3.8, 4) is 0 Å². The molecule has 32 heavy (non-hydrogen) atoms. The Morgan fingerprint density at radius 1 is 0.594 bits per heavy atom. The minimum atomic E-state index is -1.13. The first-order chi connectivity index (χ1) is 15.0. The molecule has 12 heteroatoms. The van der Waals surface area contributed by atoms with E-state index in [1.54, 1.807) is 0 Å². The van der Waals surface area contributed by atoms with Crippen LogP contribution in [0.3, 0.4) is 0 Å². The average Bonchev–Trinajstić information content (AvgIpc) is 2.72. The average molecular weight is 702 g/mol. The molecule has 0 saturated heterocycles. The molecule has 0 amide bonds. The zero-order valence-corrected chi connectivity index (χ0v) is 22.3. The third kappa shape index (κ3) is 6.87. The lowest BCUT2D eigenvalue weighted by Crippen LogP contribution is -2.11. The van der Waals surface area contributed by atoms with E-state index in [2.05, 4.69) is 63.7 Å². The summed E-state index contributed by atoms with van der Waals surface area (Å²) < 4.78 is 11.4. The maximum Gasteiger partial charge on any atom is 0.339 e. The fourth-order valence-electron chi connectivity index (χ4n) is 2.42. The molecule has 170 valence electrons. The Bertz CT molecular complexity index is 998. The van der Waals surface area contributed by atoms with Crippen molar-refractivity contribution in [3.05, 3.63) is 64.4 Å². The zero-order valence-electron chi connectivity index (χ0n) is 16.0. The summed E-state index contributed by atoms with van der Waals surface area (Å²) in [6.07, 6.45) is 0.849. The highest BCUT2D eigenvalue weighted by Crippen LogP contribution is 2.28. The van der Waals surface area contributed by atoms with Crippen molar-refractivity contribution in [2.45, 2.75) is 12.8 Å². The number of unbranched alkanes of at least 4 members (excludes halogenated alkanes) is 1. The van der Waals surface area contributed by atoms with Crippen LogP contribution in [0.25, 0.3) is 0 Å². The molecule has 2 N–H and O–H groups in total. The van der Waals surface area contributed by atoms with Gasteiger partial charge >= 0.3 is 23.9 Å². The number of aromatic carboxylic acids is 2. The molecular formula is C20H14Br4O8. The minimum Gasteiger partial charge on any atom is -0.478 e. The van der Waals surface area contributed by atoms with Crippen LogP contribution in [0.2, 0.25) is 0 Å². The summed E-state index contributed by atoms with van der Waals surface area (Å²) in [7, 11) is 0. The Hall–Kier alpha value is -1.76. The third-order valence-electron chi connectivity index (χ3n) is 4.02. The number of rotatable bonds is 9. The van der Waals surface area contributed by atoms with E-state index in [0.717, 1.165) is 0 Å². The maximum atomic E-state index is 12.2. The number of benzene rings is 2. The standard InChI is InChI=1S/C20H14Br4O8/c21-13-7-11(15(23)5-9(13)17(25)26)19(29)31-3-1-2-4-32-20(30)12-8-14(22)10(18(27)28)6-16(12)24/h5-8H,1-4H2,(H,25,26)(H,27,28). The largest absolute Gasteiger partial charge is 0.478 e. The maximum absolute atomic E-state index is 12.2. The predicted octanol–water partition coefficient (Wildman–Crippen LogP) is 5.93. The first-order valence-electron chi connectivity index (χ1n) is 8.81. The van der Waals surface area contributed by atoms with Crippen molar-refractivity contribution in [2.75, 3.05) is 13.2 Å². The molecular weight excluding hydrogens is 688 g/mol. The summed E-state index contributed by atoms with van der Waals surface area (Å²) in [5.74, 6) is -3.52. The Kier molecular flexibility index (Phi) is 9.86. The van der Waals surface area contributed by atoms with Gasteiger partial charge in [0.05, 0.1) is 35.5 Å².